The lowest BCUT2D eigenvalue weighted by molar-refractivity contribution is -0.154. The highest BCUT2D eigenvalue weighted by Gasteiger charge is 2.53. The van der Waals surface area contributed by atoms with Gasteiger partial charge in [0, 0.05) is 6.42 Å². The van der Waals surface area contributed by atoms with Crippen molar-refractivity contribution in [3.63, 3.8) is 0 Å². The number of piperidine rings is 1. The Labute approximate surface area is 92.9 Å². The van der Waals surface area contributed by atoms with Gasteiger partial charge in [-0.2, -0.15) is 0 Å². The number of fused-ring (bicyclic) bond motifs is 1. The van der Waals surface area contributed by atoms with Crippen molar-refractivity contribution in [1.82, 2.24) is 5.32 Å². The maximum Gasteiger partial charge on any atom is 0.311 e. The number of amides is 1. The molecule has 7 heteroatoms. The largest absolute Gasteiger partial charge is 0.481 e. The van der Waals surface area contributed by atoms with Gasteiger partial charge < -0.3 is 10.4 Å². The van der Waals surface area contributed by atoms with Crippen LogP contribution in [0.25, 0.3) is 0 Å². The van der Waals surface area contributed by atoms with Crippen molar-refractivity contribution in [3.8, 4) is 0 Å². The minimum absolute atomic E-state index is 0.0929. The second kappa shape index (κ2) is 3.44. The molecule has 0 aromatic rings. The fourth-order valence-electron chi connectivity index (χ4n) is 2.45. The third kappa shape index (κ3) is 1.68. The van der Waals surface area contributed by atoms with Gasteiger partial charge in [-0.1, -0.05) is 0 Å². The first-order valence-electron chi connectivity index (χ1n) is 5.09. The van der Waals surface area contributed by atoms with Crippen LogP contribution in [0.2, 0.25) is 0 Å². The van der Waals surface area contributed by atoms with E-state index in [0.29, 0.717) is 0 Å². The highest BCUT2D eigenvalue weighted by Crippen LogP contribution is 2.40. The van der Waals surface area contributed by atoms with Crippen LogP contribution in [0.15, 0.2) is 0 Å². The molecule has 2 rings (SSSR count). The van der Waals surface area contributed by atoms with E-state index in [1.807, 2.05) is 0 Å². The van der Waals surface area contributed by atoms with Gasteiger partial charge in [0.1, 0.15) is 0 Å². The van der Waals surface area contributed by atoms with E-state index in [1.54, 1.807) is 0 Å². The summed E-state index contributed by atoms with van der Waals surface area (Å²) in [6.45, 7) is 0. The van der Waals surface area contributed by atoms with Crippen molar-refractivity contribution in [2.45, 2.75) is 25.3 Å². The molecule has 2 aliphatic rings. The molecule has 2 aliphatic heterocycles. The summed E-state index contributed by atoms with van der Waals surface area (Å²) in [6, 6.07) is -0.773. The molecule has 0 bridgehead atoms. The Morgan fingerprint density at radius 1 is 1.44 bits per heavy atom. The summed E-state index contributed by atoms with van der Waals surface area (Å²) in [5, 5.41) is 11.7. The molecule has 0 saturated carbocycles. The SMILES string of the molecule is O=C1CCC2(C(=O)O)CCS(=O)(=O)CC2N1. The molecule has 16 heavy (non-hydrogen) atoms. The van der Waals surface area contributed by atoms with Crippen LogP contribution in [0.3, 0.4) is 0 Å². The summed E-state index contributed by atoms with van der Waals surface area (Å²) in [7, 11) is -3.23. The fraction of sp³-hybridized carbons (Fsp3) is 0.778. The molecule has 0 radical (unpaired) electrons. The number of carbonyl (C=O) groups is 2. The first-order chi connectivity index (χ1) is 7.36. The van der Waals surface area contributed by atoms with Crippen molar-refractivity contribution in [2.24, 2.45) is 5.41 Å². The fourth-order valence-corrected chi connectivity index (χ4v) is 4.21. The van der Waals surface area contributed by atoms with Crippen LogP contribution >= 0.6 is 0 Å². The standard InChI is InChI=1S/C9H13NO5S/c11-7-1-2-9(8(12)13)3-4-16(14,15)5-6(9)10-7/h6H,1-5H2,(H,10,11)(H,12,13). The predicted molar refractivity (Wildman–Crippen MR) is 54.5 cm³/mol. The molecule has 2 unspecified atom stereocenters. The van der Waals surface area contributed by atoms with E-state index in [1.165, 1.54) is 0 Å². The van der Waals surface area contributed by atoms with E-state index in [0.717, 1.165) is 0 Å². The van der Waals surface area contributed by atoms with Gasteiger partial charge in [0.05, 0.1) is 23.0 Å². The average Bonchev–Trinajstić information content (AvgIpc) is 2.15. The Kier molecular flexibility index (Phi) is 2.45. The molecule has 1 amide bonds. The summed E-state index contributed by atoms with van der Waals surface area (Å²) in [5.41, 5.74) is -1.08. The van der Waals surface area contributed by atoms with Crippen LogP contribution in [-0.2, 0) is 19.4 Å². The van der Waals surface area contributed by atoms with Gasteiger partial charge in [-0.05, 0) is 12.8 Å². The molecule has 2 fully saturated rings. The molecule has 2 N–H and O–H groups in total. The van der Waals surface area contributed by atoms with Gasteiger partial charge in [-0.3, -0.25) is 9.59 Å². The molecule has 2 atom stereocenters. The van der Waals surface area contributed by atoms with E-state index in [4.69, 9.17) is 0 Å². The predicted octanol–water partition coefficient (Wildman–Crippen LogP) is -0.845. The quantitative estimate of drug-likeness (QED) is 0.629. The van der Waals surface area contributed by atoms with E-state index < -0.39 is 27.3 Å². The summed E-state index contributed by atoms with van der Waals surface area (Å²) >= 11 is 0. The molecular weight excluding hydrogens is 234 g/mol. The smallest absolute Gasteiger partial charge is 0.311 e. The zero-order valence-corrected chi connectivity index (χ0v) is 9.42. The monoisotopic (exact) mass is 247 g/mol. The molecule has 6 nitrogen and oxygen atoms in total. The number of hydrogen-bond donors (Lipinski definition) is 2. The zero-order valence-electron chi connectivity index (χ0n) is 8.60. The van der Waals surface area contributed by atoms with Gasteiger partial charge in [-0.25, -0.2) is 8.42 Å². The highest BCUT2D eigenvalue weighted by atomic mass is 32.2. The summed E-state index contributed by atoms with van der Waals surface area (Å²) in [6.07, 6.45) is 0.479. The number of nitrogens with one attached hydrogen (secondary N) is 1. The number of rotatable bonds is 1. The van der Waals surface area contributed by atoms with Crippen molar-refractivity contribution in [2.75, 3.05) is 11.5 Å². The lowest BCUT2D eigenvalue weighted by Gasteiger charge is -2.43. The summed E-state index contributed by atoms with van der Waals surface area (Å²) < 4.78 is 22.9. The maximum atomic E-state index is 11.4. The maximum absolute atomic E-state index is 11.4. The number of aliphatic carboxylic acids is 1. The Morgan fingerprint density at radius 3 is 2.75 bits per heavy atom. The van der Waals surface area contributed by atoms with Gasteiger partial charge in [0.15, 0.2) is 9.84 Å². The van der Waals surface area contributed by atoms with Crippen LogP contribution in [-0.4, -0.2) is 42.9 Å². The molecular formula is C9H13NO5S. The average molecular weight is 247 g/mol. The van der Waals surface area contributed by atoms with Gasteiger partial charge >= 0.3 is 5.97 Å². The number of carbonyl (C=O) groups excluding carboxylic acids is 1. The van der Waals surface area contributed by atoms with Crippen molar-refractivity contribution in [1.29, 1.82) is 0 Å². The van der Waals surface area contributed by atoms with Crippen LogP contribution < -0.4 is 5.32 Å². The van der Waals surface area contributed by atoms with Crippen LogP contribution in [0, 0.1) is 5.41 Å². The van der Waals surface area contributed by atoms with Crippen LogP contribution in [0.1, 0.15) is 19.3 Å². The third-order valence-electron chi connectivity index (χ3n) is 3.51. The van der Waals surface area contributed by atoms with E-state index >= 15 is 0 Å². The molecule has 0 spiro atoms. The first-order valence-corrected chi connectivity index (χ1v) is 6.91. The van der Waals surface area contributed by atoms with Gasteiger partial charge in [0.2, 0.25) is 5.91 Å². The second-order valence-corrected chi connectivity index (χ2v) is 6.67. The first kappa shape index (κ1) is 11.4. The number of carboxylic acids is 1. The van der Waals surface area contributed by atoms with Gasteiger partial charge in [0.25, 0.3) is 0 Å². The Balaban J connectivity index is 2.35. The van der Waals surface area contributed by atoms with Crippen molar-refractivity contribution in [3.05, 3.63) is 0 Å². The normalized spacial score (nSPS) is 37.2. The molecule has 0 aromatic carbocycles. The van der Waals surface area contributed by atoms with E-state index in [9.17, 15) is 23.1 Å². The molecule has 0 aromatic heterocycles. The minimum atomic E-state index is -3.23. The number of carboxylic acid groups (broad SMARTS) is 1. The molecule has 90 valence electrons. The second-order valence-electron chi connectivity index (χ2n) is 4.45. The molecule has 2 heterocycles. The Hall–Kier alpha value is -1.11. The molecule has 0 aliphatic carbocycles. The van der Waals surface area contributed by atoms with Crippen LogP contribution in [0.5, 0.6) is 0 Å². The highest BCUT2D eigenvalue weighted by molar-refractivity contribution is 7.91. The lowest BCUT2D eigenvalue weighted by Crippen LogP contribution is -2.61. The van der Waals surface area contributed by atoms with Gasteiger partial charge in [-0.15, -0.1) is 0 Å². The third-order valence-corrected chi connectivity index (χ3v) is 5.17. The zero-order chi connectivity index (χ0) is 12.0. The van der Waals surface area contributed by atoms with Crippen molar-refractivity contribution >= 4 is 21.7 Å². The Bertz CT molecular complexity index is 443. The minimum Gasteiger partial charge on any atom is -0.481 e. The number of hydrogen-bond acceptors (Lipinski definition) is 4. The Morgan fingerprint density at radius 2 is 2.12 bits per heavy atom. The number of sulfone groups is 1. The molecule has 2 saturated heterocycles. The topological polar surface area (TPSA) is 101 Å². The van der Waals surface area contributed by atoms with E-state index in [2.05, 4.69) is 5.32 Å². The van der Waals surface area contributed by atoms with Crippen molar-refractivity contribution < 1.29 is 23.1 Å². The summed E-state index contributed by atoms with van der Waals surface area (Å²) in [5.74, 6) is -1.64. The lowest BCUT2D eigenvalue weighted by atomic mass is 9.72. The van der Waals surface area contributed by atoms with Crippen LogP contribution in [0.4, 0.5) is 0 Å². The summed E-state index contributed by atoms with van der Waals surface area (Å²) in [4.78, 5) is 22.5. The van der Waals surface area contributed by atoms with E-state index in [-0.39, 0.29) is 36.7 Å².